The van der Waals surface area contributed by atoms with Crippen LogP contribution >= 0.6 is 11.8 Å². The zero-order valence-electron chi connectivity index (χ0n) is 16.4. The highest BCUT2D eigenvalue weighted by Gasteiger charge is 2.30. The first-order valence-electron chi connectivity index (χ1n) is 9.46. The van der Waals surface area contributed by atoms with E-state index in [4.69, 9.17) is 0 Å². The van der Waals surface area contributed by atoms with Crippen LogP contribution in [0.3, 0.4) is 0 Å². The average molecular weight is 423 g/mol. The van der Waals surface area contributed by atoms with Gasteiger partial charge in [-0.15, -0.1) is 10.2 Å². The number of carbonyl (C=O) groups is 1. The molecule has 1 saturated heterocycles. The molecule has 0 bridgehead atoms. The summed E-state index contributed by atoms with van der Waals surface area (Å²) in [6.07, 6.45) is 1.40. The normalized spacial score (nSPS) is 19.5. The predicted molar refractivity (Wildman–Crippen MR) is 111 cm³/mol. The minimum Gasteiger partial charge on any atom is -0.351 e. The van der Waals surface area contributed by atoms with E-state index in [1.54, 1.807) is 6.92 Å². The fourth-order valence-corrected chi connectivity index (χ4v) is 5.80. The summed E-state index contributed by atoms with van der Waals surface area (Å²) in [4.78, 5) is 12.5. The first-order valence-corrected chi connectivity index (χ1v) is 12.2. The number of thioether (sulfide) groups is 1. The summed E-state index contributed by atoms with van der Waals surface area (Å²) < 4.78 is 25.2. The number of benzene rings is 1. The van der Waals surface area contributed by atoms with Crippen molar-refractivity contribution in [3.05, 3.63) is 29.8 Å². The smallest absolute Gasteiger partial charge is 0.233 e. The van der Waals surface area contributed by atoms with Gasteiger partial charge in [-0.25, -0.2) is 8.42 Å². The van der Waals surface area contributed by atoms with E-state index in [1.165, 1.54) is 11.8 Å². The van der Waals surface area contributed by atoms with Crippen LogP contribution in [-0.4, -0.2) is 51.9 Å². The molecule has 1 amide bonds. The Hall–Kier alpha value is -1.87. The number of hydrogen-bond donors (Lipinski definition) is 1. The van der Waals surface area contributed by atoms with Crippen molar-refractivity contribution in [3.8, 4) is 11.4 Å². The summed E-state index contributed by atoms with van der Waals surface area (Å²) in [6, 6.07) is 7.82. The van der Waals surface area contributed by atoms with E-state index in [1.807, 2.05) is 29.7 Å². The van der Waals surface area contributed by atoms with Crippen LogP contribution in [-0.2, 0) is 21.2 Å². The van der Waals surface area contributed by atoms with Gasteiger partial charge in [-0.05, 0) is 32.8 Å². The van der Waals surface area contributed by atoms with Crippen LogP contribution in [0.2, 0.25) is 0 Å². The topological polar surface area (TPSA) is 94.0 Å². The molecule has 2 atom stereocenters. The van der Waals surface area contributed by atoms with Gasteiger partial charge < -0.3 is 9.88 Å². The number of nitrogens with one attached hydrogen (secondary N) is 1. The molecule has 0 saturated carbocycles. The lowest BCUT2D eigenvalue weighted by Gasteiger charge is -2.16. The van der Waals surface area contributed by atoms with Gasteiger partial charge in [0.05, 0.1) is 16.8 Å². The number of carbonyl (C=O) groups excluding carboxylic acids is 1. The van der Waals surface area contributed by atoms with E-state index in [0.29, 0.717) is 11.6 Å². The Kier molecular flexibility index (Phi) is 6.44. The second kappa shape index (κ2) is 8.65. The summed E-state index contributed by atoms with van der Waals surface area (Å²) in [7, 11) is -3.02. The highest BCUT2D eigenvalue weighted by Crippen LogP contribution is 2.28. The molecule has 0 radical (unpaired) electrons. The Bertz CT molecular complexity index is 956. The quantitative estimate of drug-likeness (QED) is 0.689. The fraction of sp³-hybridized carbons (Fsp3) is 0.526. The molecule has 2 heterocycles. The SMILES string of the molecule is CCCn1c(S[C@H](C)C(=O)N[C@@H]2CCS(=O)(=O)C2)nnc1-c1cccc(C)c1. The maximum Gasteiger partial charge on any atom is 0.233 e. The van der Waals surface area contributed by atoms with E-state index in [9.17, 15) is 13.2 Å². The van der Waals surface area contributed by atoms with Gasteiger partial charge in [-0.2, -0.15) is 0 Å². The summed E-state index contributed by atoms with van der Waals surface area (Å²) in [5, 5.41) is 11.8. The van der Waals surface area contributed by atoms with Gasteiger partial charge in [0.25, 0.3) is 0 Å². The Balaban J connectivity index is 1.73. The summed E-state index contributed by atoms with van der Waals surface area (Å²) in [5.74, 6) is 0.793. The molecule has 28 heavy (non-hydrogen) atoms. The third kappa shape index (κ3) is 4.94. The Morgan fingerprint density at radius 2 is 2.18 bits per heavy atom. The molecular weight excluding hydrogens is 396 g/mol. The van der Waals surface area contributed by atoms with Gasteiger partial charge in [0.1, 0.15) is 0 Å². The van der Waals surface area contributed by atoms with Crippen molar-refractivity contribution in [2.24, 2.45) is 0 Å². The van der Waals surface area contributed by atoms with Crippen LogP contribution in [0.1, 0.15) is 32.3 Å². The van der Waals surface area contributed by atoms with Crippen molar-refractivity contribution in [1.29, 1.82) is 0 Å². The molecule has 1 aliphatic rings. The zero-order valence-corrected chi connectivity index (χ0v) is 18.0. The summed E-state index contributed by atoms with van der Waals surface area (Å²) in [6.45, 7) is 6.69. The number of amides is 1. The molecule has 0 spiro atoms. The number of nitrogens with zero attached hydrogens (tertiary/aromatic N) is 3. The van der Waals surface area contributed by atoms with Gasteiger partial charge in [0, 0.05) is 18.2 Å². The predicted octanol–water partition coefficient (Wildman–Crippen LogP) is 2.45. The van der Waals surface area contributed by atoms with Gasteiger partial charge in [0.2, 0.25) is 5.91 Å². The molecule has 1 fully saturated rings. The van der Waals surface area contributed by atoms with Crippen LogP contribution in [0.4, 0.5) is 0 Å². The maximum absolute atomic E-state index is 12.5. The molecule has 0 unspecified atom stereocenters. The molecule has 1 aromatic carbocycles. The highest BCUT2D eigenvalue weighted by atomic mass is 32.2. The van der Waals surface area contributed by atoms with Crippen LogP contribution < -0.4 is 5.32 Å². The molecule has 0 aliphatic carbocycles. The standard InChI is InChI=1S/C19H26N4O3S2/c1-4-9-23-17(15-7-5-6-13(2)11-15)21-22-19(23)27-14(3)18(24)20-16-8-10-28(25,26)12-16/h5-7,11,14,16H,4,8-10,12H2,1-3H3,(H,20,24)/t14-,16-/m1/s1. The van der Waals surface area contributed by atoms with Gasteiger partial charge >= 0.3 is 0 Å². The number of aryl methyl sites for hydroxylation is 1. The average Bonchev–Trinajstić information content (AvgIpc) is 3.18. The van der Waals surface area contributed by atoms with Crippen molar-refractivity contribution in [1.82, 2.24) is 20.1 Å². The highest BCUT2D eigenvalue weighted by molar-refractivity contribution is 8.00. The number of rotatable bonds is 7. The second-order valence-corrected chi connectivity index (χ2v) is 10.7. The lowest BCUT2D eigenvalue weighted by Crippen LogP contribution is -2.40. The van der Waals surface area contributed by atoms with Crippen molar-refractivity contribution in [2.75, 3.05) is 11.5 Å². The van der Waals surface area contributed by atoms with Gasteiger partial charge in [-0.3, -0.25) is 4.79 Å². The largest absolute Gasteiger partial charge is 0.351 e. The molecule has 1 aromatic heterocycles. The lowest BCUT2D eigenvalue weighted by atomic mass is 10.1. The van der Waals surface area contributed by atoms with Crippen molar-refractivity contribution >= 4 is 27.5 Å². The van der Waals surface area contributed by atoms with Gasteiger partial charge in [0.15, 0.2) is 20.8 Å². The van der Waals surface area contributed by atoms with Crippen molar-refractivity contribution in [2.45, 2.75) is 56.6 Å². The Labute approximate surface area is 170 Å². The molecule has 1 N–H and O–H groups in total. The van der Waals surface area contributed by atoms with Crippen LogP contribution in [0, 0.1) is 6.92 Å². The van der Waals surface area contributed by atoms with Crippen molar-refractivity contribution < 1.29 is 13.2 Å². The molecule has 7 nitrogen and oxygen atoms in total. The first-order chi connectivity index (χ1) is 13.3. The minimum absolute atomic E-state index is 0.0274. The van der Waals surface area contributed by atoms with Gasteiger partial charge in [-0.1, -0.05) is 42.4 Å². The molecule has 152 valence electrons. The van der Waals surface area contributed by atoms with E-state index >= 15 is 0 Å². The molecule has 3 rings (SSSR count). The number of aromatic nitrogens is 3. The fourth-order valence-electron chi connectivity index (χ4n) is 3.24. The van der Waals surface area contributed by atoms with E-state index < -0.39 is 15.1 Å². The van der Waals surface area contributed by atoms with E-state index in [-0.39, 0.29) is 23.5 Å². The van der Waals surface area contributed by atoms with Crippen LogP contribution in [0.25, 0.3) is 11.4 Å². The second-order valence-electron chi connectivity index (χ2n) is 7.20. The zero-order chi connectivity index (χ0) is 20.3. The maximum atomic E-state index is 12.5. The Morgan fingerprint density at radius 3 is 2.82 bits per heavy atom. The number of hydrogen-bond acceptors (Lipinski definition) is 6. The third-order valence-electron chi connectivity index (χ3n) is 4.67. The third-order valence-corrected chi connectivity index (χ3v) is 7.52. The minimum atomic E-state index is -3.02. The molecule has 2 aromatic rings. The molecule has 9 heteroatoms. The van der Waals surface area contributed by atoms with Crippen LogP contribution in [0.15, 0.2) is 29.4 Å². The number of sulfone groups is 1. The monoisotopic (exact) mass is 422 g/mol. The van der Waals surface area contributed by atoms with Crippen molar-refractivity contribution in [3.63, 3.8) is 0 Å². The first kappa shape index (κ1) is 20.9. The van der Waals surface area contributed by atoms with Crippen LogP contribution in [0.5, 0.6) is 0 Å². The van der Waals surface area contributed by atoms with E-state index in [0.717, 1.165) is 29.9 Å². The molecule has 1 aliphatic heterocycles. The summed E-state index contributed by atoms with van der Waals surface area (Å²) >= 11 is 1.35. The Morgan fingerprint density at radius 1 is 1.39 bits per heavy atom. The van der Waals surface area contributed by atoms with E-state index in [2.05, 4.69) is 28.5 Å². The summed E-state index contributed by atoms with van der Waals surface area (Å²) in [5.41, 5.74) is 2.15. The molecular formula is C19H26N4O3S2. The lowest BCUT2D eigenvalue weighted by molar-refractivity contribution is -0.120.